The third kappa shape index (κ3) is 2.19. The van der Waals surface area contributed by atoms with Gasteiger partial charge in [-0.2, -0.15) is 0 Å². The second-order valence-electron chi connectivity index (χ2n) is 4.49. The van der Waals surface area contributed by atoms with Crippen LogP contribution < -0.4 is 0 Å². The Labute approximate surface area is 113 Å². The molecule has 0 spiro atoms. The van der Waals surface area contributed by atoms with Crippen molar-refractivity contribution in [2.45, 2.75) is 25.4 Å². The summed E-state index contributed by atoms with van der Waals surface area (Å²) in [4.78, 5) is 28.7. The molecule has 0 radical (unpaired) electrons. The van der Waals surface area contributed by atoms with Crippen molar-refractivity contribution in [3.63, 3.8) is 0 Å². The highest BCUT2D eigenvalue weighted by Gasteiger charge is 2.36. The lowest BCUT2D eigenvalue weighted by Gasteiger charge is -2.19. The number of nitrogens with zero attached hydrogens (tertiary/aromatic N) is 2. The van der Waals surface area contributed by atoms with Crippen LogP contribution in [-0.2, 0) is 16.1 Å². The minimum atomic E-state index is -0.938. The van der Waals surface area contributed by atoms with Crippen molar-refractivity contribution in [3.05, 3.63) is 29.3 Å². The smallest absolute Gasteiger partial charge is 0.326 e. The molecular formula is C13H12N2O3S. The second-order valence-corrected chi connectivity index (χ2v) is 5.60. The maximum atomic E-state index is 11.7. The number of carboxylic acid groups (broad SMARTS) is 1. The van der Waals surface area contributed by atoms with Crippen LogP contribution >= 0.6 is 11.3 Å². The Balaban J connectivity index is 1.87. The van der Waals surface area contributed by atoms with Crippen LogP contribution in [-0.4, -0.2) is 32.9 Å². The Morgan fingerprint density at radius 2 is 2.26 bits per heavy atom. The summed E-state index contributed by atoms with van der Waals surface area (Å²) >= 11 is 1.50. The lowest BCUT2D eigenvalue weighted by atomic mass is 10.2. The molecule has 2 aromatic rings. The van der Waals surface area contributed by atoms with Crippen LogP contribution in [0.15, 0.2) is 24.3 Å². The number of thiazole rings is 1. The van der Waals surface area contributed by atoms with E-state index in [0.717, 1.165) is 15.2 Å². The van der Waals surface area contributed by atoms with Crippen molar-refractivity contribution in [2.24, 2.45) is 0 Å². The summed E-state index contributed by atoms with van der Waals surface area (Å²) in [5.41, 5.74) is 0.890. The number of aliphatic carboxylic acids is 1. The van der Waals surface area contributed by atoms with Gasteiger partial charge in [-0.15, -0.1) is 11.3 Å². The maximum absolute atomic E-state index is 11.7. The first kappa shape index (κ1) is 12.1. The van der Waals surface area contributed by atoms with Crippen molar-refractivity contribution in [1.82, 2.24) is 9.88 Å². The zero-order valence-corrected chi connectivity index (χ0v) is 10.9. The number of hydrogen-bond donors (Lipinski definition) is 1. The molecule has 1 amide bonds. The molecule has 0 aliphatic carbocycles. The van der Waals surface area contributed by atoms with E-state index in [1.807, 2.05) is 24.3 Å². The van der Waals surface area contributed by atoms with Gasteiger partial charge in [0.05, 0.1) is 16.8 Å². The molecule has 0 saturated carbocycles. The number of carboxylic acids is 1. The molecule has 98 valence electrons. The van der Waals surface area contributed by atoms with E-state index in [0.29, 0.717) is 12.8 Å². The summed E-state index contributed by atoms with van der Waals surface area (Å²) in [5.74, 6) is -1.04. The quantitative estimate of drug-likeness (QED) is 0.929. The fourth-order valence-electron chi connectivity index (χ4n) is 2.32. The minimum Gasteiger partial charge on any atom is -0.480 e. The van der Waals surface area contributed by atoms with E-state index < -0.39 is 12.0 Å². The normalized spacial score (nSPS) is 19.3. The van der Waals surface area contributed by atoms with Crippen LogP contribution in [0.1, 0.15) is 17.8 Å². The first-order valence-corrected chi connectivity index (χ1v) is 6.83. The van der Waals surface area contributed by atoms with Gasteiger partial charge < -0.3 is 10.0 Å². The number of amides is 1. The molecule has 3 rings (SSSR count). The predicted octanol–water partition coefficient (Wildman–Crippen LogP) is 1.87. The minimum absolute atomic E-state index is 0.105. The molecule has 1 aromatic heterocycles. The van der Waals surface area contributed by atoms with Crippen molar-refractivity contribution in [3.8, 4) is 0 Å². The summed E-state index contributed by atoms with van der Waals surface area (Å²) in [6.45, 7) is 0.287. The number of rotatable bonds is 3. The third-order valence-corrected chi connectivity index (χ3v) is 4.28. The highest BCUT2D eigenvalue weighted by molar-refractivity contribution is 7.18. The first-order valence-electron chi connectivity index (χ1n) is 6.02. The largest absolute Gasteiger partial charge is 0.480 e. The molecule has 6 heteroatoms. The van der Waals surface area contributed by atoms with Crippen LogP contribution in [0.5, 0.6) is 0 Å². The van der Waals surface area contributed by atoms with Gasteiger partial charge in [0.1, 0.15) is 11.0 Å². The van der Waals surface area contributed by atoms with E-state index in [-0.39, 0.29) is 12.5 Å². The highest BCUT2D eigenvalue weighted by atomic mass is 32.1. The molecule has 1 N–H and O–H groups in total. The Bertz CT molecular complexity index is 619. The topological polar surface area (TPSA) is 70.5 Å². The first-order chi connectivity index (χ1) is 9.15. The van der Waals surface area contributed by atoms with Gasteiger partial charge >= 0.3 is 5.97 Å². The van der Waals surface area contributed by atoms with Crippen LogP contribution in [0.4, 0.5) is 0 Å². The van der Waals surface area contributed by atoms with Gasteiger partial charge in [-0.1, -0.05) is 12.1 Å². The zero-order valence-electron chi connectivity index (χ0n) is 10.1. The SMILES string of the molecule is O=C(O)C1CCC(=O)N1Cc1nc2ccccc2s1. The average Bonchev–Trinajstić information content (AvgIpc) is 2.94. The van der Waals surface area contributed by atoms with Gasteiger partial charge in [-0.3, -0.25) is 4.79 Å². The Morgan fingerprint density at radius 3 is 3.00 bits per heavy atom. The summed E-state index contributed by atoms with van der Waals surface area (Å²) < 4.78 is 1.05. The van der Waals surface area contributed by atoms with Crippen molar-refractivity contribution in [1.29, 1.82) is 0 Å². The standard InChI is InChI=1S/C13H12N2O3S/c16-12-6-5-9(13(17)18)15(12)7-11-14-8-3-1-2-4-10(8)19-11/h1-4,9H,5-7H2,(H,17,18). The summed E-state index contributed by atoms with van der Waals surface area (Å²) in [6.07, 6.45) is 0.695. The zero-order chi connectivity index (χ0) is 13.4. The number of carbonyl (C=O) groups excluding carboxylic acids is 1. The molecule has 2 heterocycles. The van der Waals surface area contributed by atoms with E-state index in [4.69, 9.17) is 5.11 Å². The number of para-hydroxylation sites is 1. The van der Waals surface area contributed by atoms with Gasteiger partial charge in [-0.05, 0) is 18.6 Å². The Hall–Kier alpha value is -1.95. The van der Waals surface area contributed by atoms with Crippen LogP contribution in [0.3, 0.4) is 0 Å². The lowest BCUT2D eigenvalue weighted by molar-refractivity contribution is -0.146. The molecule has 1 aromatic carbocycles. The molecule has 1 unspecified atom stereocenters. The Kier molecular flexibility index (Phi) is 2.94. The van der Waals surface area contributed by atoms with Gasteiger partial charge in [0, 0.05) is 6.42 Å². The molecule has 0 bridgehead atoms. The Morgan fingerprint density at radius 1 is 1.47 bits per heavy atom. The molecular weight excluding hydrogens is 264 g/mol. The summed E-state index contributed by atoms with van der Waals surface area (Å²) in [7, 11) is 0. The number of benzene rings is 1. The number of likely N-dealkylation sites (tertiary alicyclic amines) is 1. The maximum Gasteiger partial charge on any atom is 0.326 e. The molecule has 1 fully saturated rings. The fourth-order valence-corrected chi connectivity index (χ4v) is 3.29. The number of aromatic nitrogens is 1. The van der Waals surface area contributed by atoms with E-state index >= 15 is 0 Å². The number of fused-ring (bicyclic) bond motifs is 1. The number of carbonyl (C=O) groups is 2. The van der Waals surface area contributed by atoms with E-state index in [1.165, 1.54) is 16.2 Å². The highest BCUT2D eigenvalue weighted by Crippen LogP contribution is 2.26. The monoisotopic (exact) mass is 276 g/mol. The van der Waals surface area contributed by atoms with Gasteiger partial charge in [-0.25, -0.2) is 9.78 Å². The van der Waals surface area contributed by atoms with E-state index in [9.17, 15) is 9.59 Å². The van der Waals surface area contributed by atoms with Crippen molar-refractivity contribution < 1.29 is 14.7 Å². The number of hydrogen-bond acceptors (Lipinski definition) is 4. The van der Waals surface area contributed by atoms with Gasteiger partial charge in [0.25, 0.3) is 0 Å². The van der Waals surface area contributed by atoms with Crippen LogP contribution in [0, 0.1) is 0 Å². The van der Waals surface area contributed by atoms with E-state index in [2.05, 4.69) is 4.98 Å². The lowest BCUT2D eigenvalue weighted by Crippen LogP contribution is -2.37. The third-order valence-electron chi connectivity index (χ3n) is 3.26. The van der Waals surface area contributed by atoms with Gasteiger partial charge in [0.2, 0.25) is 5.91 Å². The van der Waals surface area contributed by atoms with E-state index in [1.54, 1.807) is 0 Å². The molecule has 19 heavy (non-hydrogen) atoms. The van der Waals surface area contributed by atoms with Crippen molar-refractivity contribution >= 4 is 33.4 Å². The second kappa shape index (κ2) is 4.62. The summed E-state index contributed by atoms with van der Waals surface area (Å²) in [5, 5.41) is 9.89. The predicted molar refractivity (Wildman–Crippen MR) is 70.8 cm³/mol. The molecule has 1 saturated heterocycles. The van der Waals surface area contributed by atoms with Crippen molar-refractivity contribution in [2.75, 3.05) is 0 Å². The van der Waals surface area contributed by atoms with Crippen LogP contribution in [0.2, 0.25) is 0 Å². The molecule has 1 atom stereocenters. The average molecular weight is 276 g/mol. The molecule has 5 nitrogen and oxygen atoms in total. The van der Waals surface area contributed by atoms with Gasteiger partial charge in [0.15, 0.2) is 0 Å². The molecule has 1 aliphatic heterocycles. The fraction of sp³-hybridized carbons (Fsp3) is 0.308. The summed E-state index contributed by atoms with van der Waals surface area (Å²) in [6, 6.07) is 7.02. The van der Waals surface area contributed by atoms with Crippen LogP contribution in [0.25, 0.3) is 10.2 Å². The molecule has 1 aliphatic rings.